The molecule has 10 nitrogen and oxygen atoms in total. The quantitative estimate of drug-likeness (QED) is 0.400. The number of carbonyl (C=O) groups excluding carboxylic acids is 2. The first-order chi connectivity index (χ1) is 19.3. The summed E-state index contributed by atoms with van der Waals surface area (Å²) in [7, 11) is 4.81. The first-order valence-electron chi connectivity index (χ1n) is 13.4. The summed E-state index contributed by atoms with van der Waals surface area (Å²) in [5.41, 5.74) is 2.05. The van der Waals surface area contributed by atoms with Gasteiger partial charge in [-0.3, -0.25) is 9.59 Å². The SMILES string of the molecule is COc1ccc(C(=O)N(CC(=O)N2CCCN(c3ccc(-c4ccc(OC)cc4OC)nn3)CC2)C(C)C)cc1. The standard InChI is InChI=1S/C30H37N5O5/c1-21(2)35(30(37)22-7-9-23(38-3)10-8-22)20-29(36)34-16-6-15-33(17-18-34)28-14-13-26(31-32-28)25-12-11-24(39-4)19-27(25)40-5/h7-14,19,21H,6,15-18,20H2,1-5H3. The number of hydrogen-bond donors (Lipinski definition) is 0. The smallest absolute Gasteiger partial charge is 0.254 e. The van der Waals surface area contributed by atoms with Gasteiger partial charge in [-0.2, -0.15) is 0 Å². The fourth-order valence-electron chi connectivity index (χ4n) is 4.68. The summed E-state index contributed by atoms with van der Waals surface area (Å²) in [5.74, 6) is 2.56. The Morgan fingerprint density at radius 2 is 1.57 bits per heavy atom. The van der Waals surface area contributed by atoms with Gasteiger partial charge in [0.2, 0.25) is 5.91 Å². The maximum absolute atomic E-state index is 13.3. The Morgan fingerprint density at radius 3 is 2.20 bits per heavy atom. The molecule has 1 fully saturated rings. The lowest BCUT2D eigenvalue weighted by atomic mass is 10.1. The van der Waals surface area contributed by atoms with Crippen LogP contribution < -0.4 is 19.1 Å². The summed E-state index contributed by atoms with van der Waals surface area (Å²) in [5, 5.41) is 8.92. The third-order valence-corrected chi connectivity index (χ3v) is 7.03. The maximum Gasteiger partial charge on any atom is 0.254 e. The van der Waals surface area contributed by atoms with Crippen LogP contribution in [0.15, 0.2) is 54.6 Å². The molecular formula is C30H37N5O5. The molecule has 3 aromatic rings. The molecule has 0 aliphatic carbocycles. The average Bonchev–Trinajstić information content (AvgIpc) is 3.25. The monoisotopic (exact) mass is 547 g/mol. The molecule has 0 radical (unpaired) electrons. The normalized spacial score (nSPS) is 13.6. The zero-order chi connectivity index (χ0) is 28.6. The van der Waals surface area contributed by atoms with Gasteiger partial charge >= 0.3 is 0 Å². The van der Waals surface area contributed by atoms with Crippen molar-refractivity contribution in [3.05, 3.63) is 60.2 Å². The van der Waals surface area contributed by atoms with E-state index in [4.69, 9.17) is 14.2 Å². The molecule has 0 spiro atoms. The molecule has 10 heteroatoms. The number of carbonyl (C=O) groups is 2. The van der Waals surface area contributed by atoms with Crippen molar-refractivity contribution in [3.63, 3.8) is 0 Å². The maximum atomic E-state index is 13.3. The van der Waals surface area contributed by atoms with Crippen LogP contribution in [-0.4, -0.2) is 91.9 Å². The van der Waals surface area contributed by atoms with E-state index in [1.54, 1.807) is 50.5 Å². The Hall–Kier alpha value is -4.34. The van der Waals surface area contributed by atoms with Gasteiger partial charge in [-0.25, -0.2) is 0 Å². The molecule has 0 atom stereocenters. The molecule has 4 rings (SSSR count). The Morgan fingerprint density at radius 1 is 0.850 bits per heavy atom. The molecule has 0 bridgehead atoms. The summed E-state index contributed by atoms with van der Waals surface area (Å²) < 4.78 is 16.0. The van der Waals surface area contributed by atoms with Crippen molar-refractivity contribution >= 4 is 17.6 Å². The van der Waals surface area contributed by atoms with Crippen molar-refractivity contribution in [2.75, 3.05) is 59.0 Å². The Labute approximate surface area is 235 Å². The number of hydrogen-bond acceptors (Lipinski definition) is 8. The van der Waals surface area contributed by atoms with Crippen molar-refractivity contribution < 1.29 is 23.8 Å². The van der Waals surface area contributed by atoms with Gasteiger partial charge in [0, 0.05) is 49.4 Å². The zero-order valence-electron chi connectivity index (χ0n) is 23.8. The molecule has 1 aromatic heterocycles. The van der Waals surface area contributed by atoms with Gasteiger partial charge in [-0.1, -0.05) is 0 Å². The number of aromatic nitrogens is 2. The number of methoxy groups -OCH3 is 3. The highest BCUT2D eigenvalue weighted by molar-refractivity contribution is 5.96. The van der Waals surface area contributed by atoms with E-state index in [0.717, 1.165) is 24.3 Å². The van der Waals surface area contributed by atoms with E-state index in [1.165, 1.54) is 0 Å². The lowest BCUT2D eigenvalue weighted by Crippen LogP contribution is -2.46. The number of anilines is 1. The summed E-state index contributed by atoms with van der Waals surface area (Å²) in [4.78, 5) is 32.1. The van der Waals surface area contributed by atoms with Crippen molar-refractivity contribution in [2.24, 2.45) is 0 Å². The van der Waals surface area contributed by atoms with Crippen LogP contribution in [0.25, 0.3) is 11.3 Å². The third-order valence-electron chi connectivity index (χ3n) is 7.03. The highest BCUT2D eigenvalue weighted by Gasteiger charge is 2.26. The Kier molecular flexibility index (Phi) is 9.42. The van der Waals surface area contributed by atoms with Crippen LogP contribution in [0.1, 0.15) is 30.6 Å². The van der Waals surface area contributed by atoms with E-state index < -0.39 is 0 Å². The fraction of sp³-hybridized carbons (Fsp3) is 0.400. The molecule has 2 amide bonds. The summed E-state index contributed by atoms with van der Waals surface area (Å²) >= 11 is 0. The molecule has 40 heavy (non-hydrogen) atoms. The van der Waals surface area contributed by atoms with E-state index in [9.17, 15) is 9.59 Å². The third kappa shape index (κ3) is 6.62. The van der Waals surface area contributed by atoms with Gasteiger partial charge in [0.15, 0.2) is 5.82 Å². The predicted molar refractivity (Wildman–Crippen MR) is 153 cm³/mol. The molecule has 212 valence electrons. The zero-order valence-corrected chi connectivity index (χ0v) is 23.8. The van der Waals surface area contributed by atoms with Crippen LogP contribution in [0.3, 0.4) is 0 Å². The molecule has 1 aliphatic rings. The van der Waals surface area contributed by atoms with E-state index >= 15 is 0 Å². The second-order valence-corrected chi connectivity index (χ2v) is 9.82. The summed E-state index contributed by atoms with van der Waals surface area (Å²) in [6.45, 7) is 6.40. The van der Waals surface area contributed by atoms with Crippen LogP contribution in [0.4, 0.5) is 5.82 Å². The van der Waals surface area contributed by atoms with Gasteiger partial charge < -0.3 is 28.9 Å². The van der Waals surface area contributed by atoms with E-state index in [-0.39, 0.29) is 24.4 Å². The van der Waals surface area contributed by atoms with Crippen LogP contribution in [0.2, 0.25) is 0 Å². The molecule has 2 aromatic carbocycles. The van der Waals surface area contributed by atoms with Gasteiger partial charge in [0.1, 0.15) is 23.8 Å². The fourth-order valence-corrected chi connectivity index (χ4v) is 4.68. The molecule has 1 aliphatic heterocycles. The van der Waals surface area contributed by atoms with Crippen LogP contribution in [0.5, 0.6) is 17.2 Å². The molecule has 0 N–H and O–H groups in total. The molecule has 1 saturated heterocycles. The van der Waals surface area contributed by atoms with Crippen molar-refractivity contribution in [1.82, 2.24) is 20.0 Å². The van der Waals surface area contributed by atoms with Gasteiger partial charge in [-0.05, 0) is 68.8 Å². The van der Waals surface area contributed by atoms with Crippen LogP contribution in [0, 0.1) is 0 Å². The van der Waals surface area contributed by atoms with E-state index in [2.05, 4.69) is 15.1 Å². The number of amides is 2. The van der Waals surface area contributed by atoms with Crippen molar-refractivity contribution in [1.29, 1.82) is 0 Å². The minimum atomic E-state index is -0.175. The lowest BCUT2D eigenvalue weighted by molar-refractivity contribution is -0.132. The van der Waals surface area contributed by atoms with Gasteiger partial charge in [0.05, 0.1) is 27.0 Å². The van der Waals surface area contributed by atoms with E-state index in [1.807, 2.05) is 49.1 Å². The second-order valence-electron chi connectivity index (χ2n) is 9.82. The number of benzene rings is 2. The first-order valence-corrected chi connectivity index (χ1v) is 13.4. The number of rotatable bonds is 9. The Balaban J connectivity index is 1.39. The van der Waals surface area contributed by atoms with E-state index in [0.29, 0.717) is 48.1 Å². The summed E-state index contributed by atoms with van der Waals surface area (Å²) in [6, 6.07) is 16.3. The molecule has 0 unspecified atom stereocenters. The summed E-state index contributed by atoms with van der Waals surface area (Å²) in [6.07, 6.45) is 0.787. The molecule has 2 heterocycles. The minimum Gasteiger partial charge on any atom is -0.497 e. The van der Waals surface area contributed by atoms with Crippen LogP contribution >= 0.6 is 0 Å². The second kappa shape index (κ2) is 13.1. The highest BCUT2D eigenvalue weighted by Crippen LogP contribution is 2.32. The predicted octanol–water partition coefficient (Wildman–Crippen LogP) is 3.76. The van der Waals surface area contributed by atoms with Gasteiger partial charge in [-0.15, -0.1) is 10.2 Å². The Bertz CT molecular complexity index is 1300. The number of ether oxygens (including phenoxy) is 3. The molecule has 0 saturated carbocycles. The van der Waals surface area contributed by atoms with Crippen LogP contribution in [-0.2, 0) is 4.79 Å². The highest BCUT2D eigenvalue weighted by atomic mass is 16.5. The molecular weight excluding hydrogens is 510 g/mol. The topological polar surface area (TPSA) is 97.3 Å². The lowest BCUT2D eigenvalue weighted by Gasteiger charge is -2.29. The van der Waals surface area contributed by atoms with Gasteiger partial charge in [0.25, 0.3) is 5.91 Å². The minimum absolute atomic E-state index is 0.0285. The average molecular weight is 548 g/mol. The largest absolute Gasteiger partial charge is 0.497 e. The first kappa shape index (κ1) is 28.7. The van der Waals surface area contributed by atoms with Crippen molar-refractivity contribution in [3.8, 4) is 28.5 Å². The van der Waals surface area contributed by atoms with Crippen molar-refractivity contribution in [2.45, 2.75) is 26.3 Å². The number of nitrogens with zero attached hydrogens (tertiary/aromatic N) is 5.